The number of carbonyl (C=O) groups is 1. The van der Waals surface area contributed by atoms with Crippen LogP contribution in [0.2, 0.25) is 0 Å². The SMILES string of the molecule is CCN(C(=O)CCc1c(C)nc2ncnn2c1C)C(C)c1cccc(OC)c1. The van der Waals surface area contributed by atoms with Crippen LogP contribution in [0, 0.1) is 13.8 Å². The van der Waals surface area contributed by atoms with Crippen LogP contribution in [0.1, 0.15) is 48.8 Å². The molecule has 0 aliphatic carbocycles. The molecule has 7 heteroatoms. The Balaban J connectivity index is 1.75. The Morgan fingerprint density at radius 1 is 1.32 bits per heavy atom. The Hall–Kier alpha value is -2.96. The van der Waals surface area contributed by atoms with E-state index >= 15 is 0 Å². The Kier molecular flexibility index (Phi) is 5.92. The Bertz CT molecular complexity index is 982. The first kappa shape index (κ1) is 19.8. The van der Waals surface area contributed by atoms with Crippen molar-refractivity contribution in [3.8, 4) is 5.75 Å². The standard InChI is InChI=1S/C21H27N5O2/c1-6-25(15(3)17-8-7-9-18(12-17)28-5)20(27)11-10-19-14(2)24-21-22-13-23-26(21)16(19)4/h7-9,12-13,15H,6,10-11H2,1-5H3. The third-order valence-corrected chi connectivity index (χ3v) is 5.28. The van der Waals surface area contributed by atoms with Gasteiger partial charge in [0.25, 0.3) is 5.78 Å². The molecular weight excluding hydrogens is 354 g/mol. The summed E-state index contributed by atoms with van der Waals surface area (Å²) in [4.78, 5) is 23.5. The van der Waals surface area contributed by atoms with Gasteiger partial charge in [-0.25, -0.2) is 9.50 Å². The molecule has 3 rings (SSSR count). The third kappa shape index (κ3) is 3.83. The number of hydrogen-bond donors (Lipinski definition) is 0. The van der Waals surface area contributed by atoms with Gasteiger partial charge in [0.05, 0.1) is 13.2 Å². The fourth-order valence-corrected chi connectivity index (χ4v) is 3.64. The molecule has 0 aliphatic rings. The molecule has 0 saturated carbocycles. The minimum Gasteiger partial charge on any atom is -0.497 e. The number of aromatic nitrogens is 4. The highest BCUT2D eigenvalue weighted by atomic mass is 16.5. The molecule has 0 fully saturated rings. The molecule has 0 spiro atoms. The largest absolute Gasteiger partial charge is 0.497 e. The van der Waals surface area contributed by atoms with Crippen LogP contribution in [0.3, 0.4) is 0 Å². The fourth-order valence-electron chi connectivity index (χ4n) is 3.64. The van der Waals surface area contributed by atoms with Crippen LogP contribution in [0.5, 0.6) is 5.75 Å². The molecule has 148 valence electrons. The van der Waals surface area contributed by atoms with Crippen molar-refractivity contribution in [1.29, 1.82) is 0 Å². The lowest BCUT2D eigenvalue weighted by atomic mass is 10.0. The summed E-state index contributed by atoms with van der Waals surface area (Å²) in [6.45, 7) is 8.66. The zero-order valence-electron chi connectivity index (χ0n) is 17.1. The Labute approximate surface area is 165 Å². The number of hydrogen-bond acceptors (Lipinski definition) is 5. The van der Waals surface area contributed by atoms with E-state index in [4.69, 9.17) is 4.74 Å². The van der Waals surface area contributed by atoms with Crippen LogP contribution in [-0.4, -0.2) is 44.0 Å². The van der Waals surface area contributed by atoms with E-state index in [1.165, 1.54) is 6.33 Å². The van der Waals surface area contributed by atoms with Gasteiger partial charge >= 0.3 is 0 Å². The van der Waals surface area contributed by atoms with Gasteiger partial charge in [-0.1, -0.05) is 12.1 Å². The maximum Gasteiger partial charge on any atom is 0.252 e. The predicted octanol–water partition coefficient (Wildman–Crippen LogP) is 3.29. The van der Waals surface area contributed by atoms with Crippen LogP contribution in [-0.2, 0) is 11.2 Å². The number of rotatable bonds is 7. The summed E-state index contributed by atoms with van der Waals surface area (Å²) in [7, 11) is 1.65. The summed E-state index contributed by atoms with van der Waals surface area (Å²) in [5.41, 5.74) is 4.00. The molecule has 3 aromatic rings. The van der Waals surface area contributed by atoms with E-state index in [1.807, 2.05) is 49.9 Å². The lowest BCUT2D eigenvalue weighted by Gasteiger charge is -2.29. The number of ether oxygens (including phenoxy) is 1. The van der Waals surface area contributed by atoms with Gasteiger partial charge in [0.2, 0.25) is 5.91 Å². The summed E-state index contributed by atoms with van der Waals surface area (Å²) in [5.74, 6) is 1.51. The van der Waals surface area contributed by atoms with Gasteiger partial charge in [-0.2, -0.15) is 10.1 Å². The van der Waals surface area contributed by atoms with E-state index in [1.54, 1.807) is 11.6 Å². The summed E-state index contributed by atoms with van der Waals surface area (Å²) >= 11 is 0. The summed E-state index contributed by atoms with van der Waals surface area (Å²) < 4.78 is 7.04. The van der Waals surface area contributed by atoms with E-state index in [0.29, 0.717) is 25.2 Å². The van der Waals surface area contributed by atoms with Gasteiger partial charge in [-0.3, -0.25) is 4.79 Å². The monoisotopic (exact) mass is 381 g/mol. The van der Waals surface area contributed by atoms with Crippen molar-refractivity contribution in [2.45, 2.75) is 46.6 Å². The van der Waals surface area contributed by atoms with E-state index in [2.05, 4.69) is 22.0 Å². The molecule has 28 heavy (non-hydrogen) atoms. The van der Waals surface area contributed by atoms with Crippen molar-refractivity contribution in [3.05, 3.63) is 53.1 Å². The molecule has 1 aromatic carbocycles. The summed E-state index contributed by atoms with van der Waals surface area (Å²) in [6.07, 6.45) is 2.55. The van der Waals surface area contributed by atoms with Gasteiger partial charge in [0.15, 0.2) is 0 Å². The van der Waals surface area contributed by atoms with Crippen LogP contribution in [0.15, 0.2) is 30.6 Å². The molecule has 0 N–H and O–H groups in total. The number of nitrogens with zero attached hydrogens (tertiary/aromatic N) is 5. The van der Waals surface area contributed by atoms with Gasteiger partial charge in [0.1, 0.15) is 12.1 Å². The number of fused-ring (bicyclic) bond motifs is 1. The summed E-state index contributed by atoms with van der Waals surface area (Å²) in [5, 5.41) is 4.22. The normalized spacial score (nSPS) is 12.2. The quantitative estimate of drug-likeness (QED) is 0.628. The molecule has 0 radical (unpaired) electrons. The highest BCUT2D eigenvalue weighted by Crippen LogP contribution is 2.25. The molecule has 2 heterocycles. The van der Waals surface area contributed by atoms with E-state index in [9.17, 15) is 4.79 Å². The first-order valence-electron chi connectivity index (χ1n) is 9.55. The second-order valence-corrected chi connectivity index (χ2v) is 6.87. The van der Waals surface area contributed by atoms with Crippen LogP contribution < -0.4 is 4.74 Å². The first-order valence-corrected chi connectivity index (χ1v) is 9.55. The van der Waals surface area contributed by atoms with Crippen molar-refractivity contribution >= 4 is 11.7 Å². The molecule has 0 saturated heterocycles. The molecule has 0 aliphatic heterocycles. The second kappa shape index (κ2) is 8.37. The second-order valence-electron chi connectivity index (χ2n) is 6.87. The van der Waals surface area contributed by atoms with E-state index in [0.717, 1.165) is 28.3 Å². The topological polar surface area (TPSA) is 72.6 Å². The van der Waals surface area contributed by atoms with Crippen LogP contribution in [0.25, 0.3) is 5.78 Å². The molecule has 7 nitrogen and oxygen atoms in total. The Morgan fingerprint density at radius 3 is 2.82 bits per heavy atom. The zero-order chi connectivity index (χ0) is 20.3. The molecule has 2 aromatic heterocycles. The zero-order valence-corrected chi connectivity index (χ0v) is 17.1. The first-order chi connectivity index (χ1) is 13.5. The van der Waals surface area contributed by atoms with Crippen molar-refractivity contribution < 1.29 is 9.53 Å². The maximum absolute atomic E-state index is 13.0. The van der Waals surface area contributed by atoms with Crippen molar-refractivity contribution in [2.24, 2.45) is 0 Å². The highest BCUT2D eigenvalue weighted by Gasteiger charge is 2.21. The maximum atomic E-state index is 13.0. The smallest absolute Gasteiger partial charge is 0.252 e. The minimum atomic E-state index is -0.0225. The number of aryl methyl sites for hydroxylation is 2. The molecule has 1 atom stereocenters. The highest BCUT2D eigenvalue weighted by molar-refractivity contribution is 5.77. The number of benzene rings is 1. The van der Waals surface area contributed by atoms with Crippen molar-refractivity contribution in [2.75, 3.05) is 13.7 Å². The average molecular weight is 381 g/mol. The predicted molar refractivity (Wildman–Crippen MR) is 107 cm³/mol. The molecule has 0 bridgehead atoms. The number of methoxy groups -OCH3 is 1. The minimum absolute atomic E-state index is 0.0225. The van der Waals surface area contributed by atoms with Gasteiger partial charge in [-0.15, -0.1) is 0 Å². The van der Waals surface area contributed by atoms with Gasteiger partial charge < -0.3 is 9.64 Å². The van der Waals surface area contributed by atoms with Gasteiger partial charge in [0, 0.05) is 24.4 Å². The van der Waals surface area contributed by atoms with Crippen LogP contribution >= 0.6 is 0 Å². The molecule has 1 amide bonds. The third-order valence-electron chi connectivity index (χ3n) is 5.28. The summed E-state index contributed by atoms with van der Waals surface area (Å²) in [6, 6.07) is 7.85. The average Bonchev–Trinajstić information content (AvgIpc) is 3.16. The fraction of sp³-hybridized carbons (Fsp3) is 0.429. The van der Waals surface area contributed by atoms with Crippen LogP contribution in [0.4, 0.5) is 0 Å². The Morgan fingerprint density at radius 2 is 2.11 bits per heavy atom. The van der Waals surface area contributed by atoms with Crippen molar-refractivity contribution in [1.82, 2.24) is 24.5 Å². The van der Waals surface area contributed by atoms with Gasteiger partial charge in [-0.05, 0) is 57.4 Å². The van der Waals surface area contributed by atoms with Crippen molar-refractivity contribution in [3.63, 3.8) is 0 Å². The number of amides is 1. The molecule has 1 unspecified atom stereocenters. The number of carbonyl (C=O) groups excluding carboxylic acids is 1. The van der Waals surface area contributed by atoms with E-state index in [-0.39, 0.29) is 11.9 Å². The lowest BCUT2D eigenvalue weighted by molar-refractivity contribution is -0.133. The van der Waals surface area contributed by atoms with E-state index < -0.39 is 0 Å². The lowest BCUT2D eigenvalue weighted by Crippen LogP contribution is -2.33. The molecular formula is C21H27N5O2.